The van der Waals surface area contributed by atoms with Gasteiger partial charge < -0.3 is 4.90 Å². The summed E-state index contributed by atoms with van der Waals surface area (Å²) in [5.41, 5.74) is 13.0. The largest absolute Gasteiger partial charge is 0.310 e. The summed E-state index contributed by atoms with van der Waals surface area (Å²) in [7, 11) is 0. The number of hydrogen-bond donors (Lipinski definition) is 0. The molecule has 0 N–H and O–H groups in total. The third-order valence-electron chi connectivity index (χ3n) is 10.9. The summed E-state index contributed by atoms with van der Waals surface area (Å²) in [6.45, 7) is 0. The molecule has 0 fully saturated rings. The van der Waals surface area contributed by atoms with Gasteiger partial charge in [0, 0.05) is 16.8 Å². The van der Waals surface area contributed by atoms with Crippen LogP contribution < -0.4 is 4.90 Å². The van der Waals surface area contributed by atoms with E-state index in [0.717, 1.165) is 17.1 Å². The Morgan fingerprint density at radius 3 is 1.51 bits per heavy atom. The van der Waals surface area contributed by atoms with Crippen LogP contribution in [0, 0.1) is 0 Å². The minimum absolute atomic E-state index is 1.10. The third-order valence-corrected chi connectivity index (χ3v) is 10.9. The first kappa shape index (κ1) is 32.4. The minimum Gasteiger partial charge on any atom is -0.310 e. The Kier molecular flexibility index (Phi) is 8.24. The number of nitrogens with zero attached hydrogens (tertiary/aromatic N) is 1. The molecule has 0 bridgehead atoms. The standard InChI is InChI=1S/C54H37N/c1-3-15-38(16-4-1)39-31-33-44(34-32-39)55(53-36-35-51(50-26-9-10-27-52(50)53)49-30-12-20-40-19-7-8-25-46(40)49)45-24-11-23-43(37-45)48-29-14-22-42-21-13-28-47(54(42)48)41-17-5-2-6-18-41/h1-37H. The van der Waals surface area contributed by atoms with Gasteiger partial charge in [-0.2, -0.15) is 0 Å². The van der Waals surface area contributed by atoms with E-state index in [1.165, 1.54) is 76.8 Å². The van der Waals surface area contributed by atoms with Gasteiger partial charge in [-0.25, -0.2) is 0 Å². The monoisotopic (exact) mass is 699 g/mol. The number of hydrogen-bond acceptors (Lipinski definition) is 1. The number of anilines is 3. The van der Waals surface area contributed by atoms with Gasteiger partial charge in [-0.3, -0.25) is 0 Å². The van der Waals surface area contributed by atoms with Crippen molar-refractivity contribution in [1.82, 2.24) is 0 Å². The molecule has 10 rings (SSSR count). The maximum absolute atomic E-state index is 2.43. The molecule has 0 spiro atoms. The van der Waals surface area contributed by atoms with E-state index >= 15 is 0 Å². The van der Waals surface area contributed by atoms with Crippen LogP contribution in [-0.2, 0) is 0 Å². The van der Waals surface area contributed by atoms with E-state index in [4.69, 9.17) is 0 Å². The van der Waals surface area contributed by atoms with E-state index in [-0.39, 0.29) is 0 Å². The topological polar surface area (TPSA) is 3.24 Å². The van der Waals surface area contributed by atoms with Gasteiger partial charge in [0.2, 0.25) is 0 Å². The molecule has 1 nitrogen and oxygen atoms in total. The van der Waals surface area contributed by atoms with Crippen molar-refractivity contribution < 1.29 is 0 Å². The first-order chi connectivity index (χ1) is 27.3. The fourth-order valence-electron chi connectivity index (χ4n) is 8.29. The Hall–Kier alpha value is -7.22. The summed E-state index contributed by atoms with van der Waals surface area (Å²) >= 11 is 0. The van der Waals surface area contributed by atoms with Gasteiger partial charge in [0.25, 0.3) is 0 Å². The van der Waals surface area contributed by atoms with Gasteiger partial charge in [-0.05, 0) is 102 Å². The van der Waals surface area contributed by atoms with Gasteiger partial charge >= 0.3 is 0 Å². The first-order valence-corrected chi connectivity index (χ1v) is 18.9. The molecule has 0 amide bonds. The zero-order valence-electron chi connectivity index (χ0n) is 30.3. The first-order valence-electron chi connectivity index (χ1n) is 18.9. The zero-order chi connectivity index (χ0) is 36.6. The summed E-state index contributed by atoms with van der Waals surface area (Å²) in [5.74, 6) is 0. The molecule has 10 aromatic rings. The van der Waals surface area contributed by atoms with Crippen LogP contribution in [0.3, 0.4) is 0 Å². The smallest absolute Gasteiger partial charge is 0.0540 e. The molecule has 0 unspecified atom stereocenters. The van der Waals surface area contributed by atoms with Crippen molar-refractivity contribution in [3.8, 4) is 44.5 Å². The lowest BCUT2D eigenvalue weighted by Gasteiger charge is -2.28. The maximum atomic E-state index is 2.43. The summed E-state index contributed by atoms with van der Waals surface area (Å²) < 4.78 is 0. The second-order valence-corrected chi connectivity index (χ2v) is 14.1. The van der Waals surface area contributed by atoms with Crippen molar-refractivity contribution >= 4 is 49.4 Å². The van der Waals surface area contributed by atoms with Gasteiger partial charge in [0.05, 0.1) is 5.69 Å². The fraction of sp³-hybridized carbons (Fsp3) is 0. The van der Waals surface area contributed by atoms with E-state index < -0.39 is 0 Å². The van der Waals surface area contributed by atoms with Gasteiger partial charge in [0.1, 0.15) is 0 Å². The molecule has 0 saturated carbocycles. The second-order valence-electron chi connectivity index (χ2n) is 14.1. The predicted molar refractivity (Wildman–Crippen MR) is 235 cm³/mol. The molecular formula is C54H37N. The van der Waals surface area contributed by atoms with Crippen LogP contribution in [0.5, 0.6) is 0 Å². The summed E-state index contributed by atoms with van der Waals surface area (Å²) in [5, 5.41) is 7.41. The second kappa shape index (κ2) is 14.0. The van der Waals surface area contributed by atoms with Gasteiger partial charge in [-0.1, -0.05) is 194 Å². The summed E-state index contributed by atoms with van der Waals surface area (Å²) in [6.07, 6.45) is 0. The van der Waals surface area contributed by atoms with E-state index in [2.05, 4.69) is 229 Å². The van der Waals surface area contributed by atoms with E-state index in [0.29, 0.717) is 0 Å². The zero-order valence-corrected chi connectivity index (χ0v) is 30.3. The predicted octanol–water partition coefficient (Wildman–Crippen LogP) is 15.3. The lowest BCUT2D eigenvalue weighted by Crippen LogP contribution is -2.11. The molecule has 0 radical (unpaired) electrons. The Balaban J connectivity index is 1.18. The molecule has 0 aliphatic rings. The molecular weight excluding hydrogens is 663 g/mol. The van der Waals surface area contributed by atoms with E-state index in [1.807, 2.05) is 0 Å². The Morgan fingerprint density at radius 2 is 0.764 bits per heavy atom. The molecule has 0 aliphatic heterocycles. The third kappa shape index (κ3) is 5.93. The lowest BCUT2D eigenvalue weighted by atomic mass is 9.91. The minimum atomic E-state index is 1.10. The average Bonchev–Trinajstić information content (AvgIpc) is 3.27. The van der Waals surface area contributed by atoms with Crippen LogP contribution in [-0.4, -0.2) is 0 Å². The molecule has 0 heterocycles. The van der Waals surface area contributed by atoms with Crippen molar-refractivity contribution in [1.29, 1.82) is 0 Å². The number of benzene rings is 10. The number of fused-ring (bicyclic) bond motifs is 3. The Bertz CT molecular complexity index is 2950. The molecule has 258 valence electrons. The van der Waals surface area contributed by atoms with Crippen molar-refractivity contribution in [2.75, 3.05) is 4.90 Å². The van der Waals surface area contributed by atoms with Gasteiger partial charge in [-0.15, -0.1) is 0 Å². The van der Waals surface area contributed by atoms with Crippen LogP contribution in [0.1, 0.15) is 0 Å². The molecule has 10 aromatic carbocycles. The van der Waals surface area contributed by atoms with Crippen molar-refractivity contribution in [2.24, 2.45) is 0 Å². The van der Waals surface area contributed by atoms with E-state index in [1.54, 1.807) is 0 Å². The summed E-state index contributed by atoms with van der Waals surface area (Å²) in [6, 6.07) is 81.4. The quantitative estimate of drug-likeness (QED) is 0.160. The highest BCUT2D eigenvalue weighted by atomic mass is 15.1. The van der Waals surface area contributed by atoms with Crippen LogP contribution in [0.15, 0.2) is 224 Å². The van der Waals surface area contributed by atoms with Crippen LogP contribution in [0.4, 0.5) is 17.1 Å². The SMILES string of the molecule is c1ccc(-c2ccc(N(c3cccc(-c4cccc5cccc(-c6ccccc6)c45)c3)c3ccc(-c4cccc5ccccc45)c4ccccc34)cc2)cc1. The molecule has 55 heavy (non-hydrogen) atoms. The highest BCUT2D eigenvalue weighted by Gasteiger charge is 2.19. The van der Waals surface area contributed by atoms with Crippen LogP contribution in [0.25, 0.3) is 76.8 Å². The number of rotatable bonds is 7. The van der Waals surface area contributed by atoms with E-state index in [9.17, 15) is 0 Å². The molecule has 0 saturated heterocycles. The molecule has 0 aromatic heterocycles. The molecule has 0 aliphatic carbocycles. The van der Waals surface area contributed by atoms with Crippen molar-refractivity contribution in [2.45, 2.75) is 0 Å². The molecule has 1 heteroatoms. The normalized spacial score (nSPS) is 11.3. The lowest BCUT2D eigenvalue weighted by molar-refractivity contribution is 1.30. The molecule has 0 atom stereocenters. The average molecular weight is 700 g/mol. The highest BCUT2D eigenvalue weighted by molar-refractivity contribution is 6.11. The summed E-state index contributed by atoms with van der Waals surface area (Å²) in [4.78, 5) is 2.43. The fourth-order valence-corrected chi connectivity index (χ4v) is 8.29. The highest BCUT2D eigenvalue weighted by Crippen LogP contribution is 2.45. The van der Waals surface area contributed by atoms with Crippen molar-refractivity contribution in [3.63, 3.8) is 0 Å². The van der Waals surface area contributed by atoms with Crippen LogP contribution >= 0.6 is 0 Å². The van der Waals surface area contributed by atoms with Gasteiger partial charge in [0.15, 0.2) is 0 Å². The Labute approximate surface area is 322 Å². The van der Waals surface area contributed by atoms with Crippen molar-refractivity contribution in [3.05, 3.63) is 224 Å². The van der Waals surface area contributed by atoms with Crippen LogP contribution in [0.2, 0.25) is 0 Å². The Morgan fingerprint density at radius 1 is 0.255 bits per heavy atom. The maximum Gasteiger partial charge on any atom is 0.0540 e.